The van der Waals surface area contributed by atoms with Crippen molar-refractivity contribution in [2.75, 3.05) is 17.1 Å². The standard InChI is InChI=1S/C26H32Cl2FN3O4S/c1-3-23(26(34)30-20-9-5-4-6-10-20)31(16-18-13-14-19(27)15-21(18)28)25(33)17-32(37(2,35)36)24-12-8-7-11-22(24)29/h7-8,11-15,20,23H,3-6,9-10,16-17H2,1-2H3,(H,30,34)/t23-/m0/s1. The van der Waals surface area contributed by atoms with Gasteiger partial charge in [-0.1, -0.05) is 67.6 Å². The summed E-state index contributed by atoms with van der Waals surface area (Å²) in [5, 5.41) is 3.78. The molecule has 1 aliphatic rings. The minimum Gasteiger partial charge on any atom is -0.352 e. The van der Waals surface area contributed by atoms with E-state index in [1.54, 1.807) is 19.1 Å². The van der Waals surface area contributed by atoms with E-state index in [0.29, 0.717) is 19.9 Å². The molecule has 0 aliphatic heterocycles. The third kappa shape index (κ3) is 7.82. The van der Waals surface area contributed by atoms with E-state index < -0.39 is 34.3 Å². The van der Waals surface area contributed by atoms with E-state index in [1.165, 1.54) is 29.2 Å². The summed E-state index contributed by atoms with van der Waals surface area (Å²) in [5.74, 6) is -1.76. The van der Waals surface area contributed by atoms with Gasteiger partial charge in [-0.2, -0.15) is 0 Å². The summed E-state index contributed by atoms with van der Waals surface area (Å²) in [7, 11) is -4.03. The number of carbonyl (C=O) groups excluding carboxylic acids is 2. The Morgan fingerprint density at radius 2 is 1.78 bits per heavy atom. The van der Waals surface area contributed by atoms with Crippen molar-refractivity contribution in [3.05, 3.63) is 63.9 Å². The van der Waals surface area contributed by atoms with Crippen LogP contribution in [0.1, 0.15) is 51.0 Å². The molecular weight excluding hydrogens is 540 g/mol. The van der Waals surface area contributed by atoms with Gasteiger partial charge in [0.1, 0.15) is 18.4 Å². The third-order valence-electron chi connectivity index (χ3n) is 6.49. The summed E-state index contributed by atoms with van der Waals surface area (Å²) in [6, 6.07) is 9.27. The monoisotopic (exact) mass is 571 g/mol. The summed E-state index contributed by atoms with van der Waals surface area (Å²) in [4.78, 5) is 28.4. The zero-order valence-corrected chi connectivity index (χ0v) is 23.3. The molecule has 1 N–H and O–H groups in total. The maximum Gasteiger partial charge on any atom is 0.244 e. The normalized spacial score (nSPS) is 15.2. The minimum atomic E-state index is -4.03. The van der Waals surface area contributed by atoms with Crippen LogP contribution in [0.5, 0.6) is 0 Å². The van der Waals surface area contributed by atoms with Gasteiger partial charge in [-0.25, -0.2) is 12.8 Å². The lowest BCUT2D eigenvalue weighted by Gasteiger charge is -2.34. The van der Waals surface area contributed by atoms with Crippen LogP contribution in [0.25, 0.3) is 0 Å². The molecule has 0 spiro atoms. The van der Waals surface area contributed by atoms with Crippen LogP contribution in [-0.4, -0.2) is 50.0 Å². The number of para-hydroxylation sites is 1. The van der Waals surface area contributed by atoms with Crippen molar-refractivity contribution in [3.63, 3.8) is 0 Å². The van der Waals surface area contributed by atoms with Gasteiger partial charge in [-0.3, -0.25) is 13.9 Å². The van der Waals surface area contributed by atoms with Crippen LogP contribution in [0.2, 0.25) is 10.0 Å². The van der Waals surface area contributed by atoms with Crippen molar-refractivity contribution in [2.24, 2.45) is 0 Å². The molecule has 0 radical (unpaired) electrons. The maximum atomic E-state index is 14.5. The van der Waals surface area contributed by atoms with Crippen molar-refractivity contribution >= 4 is 50.7 Å². The van der Waals surface area contributed by atoms with E-state index in [-0.39, 0.29) is 30.6 Å². The van der Waals surface area contributed by atoms with E-state index in [0.717, 1.165) is 44.4 Å². The van der Waals surface area contributed by atoms with Crippen LogP contribution in [0.3, 0.4) is 0 Å². The van der Waals surface area contributed by atoms with Crippen molar-refractivity contribution in [1.82, 2.24) is 10.2 Å². The number of nitrogens with zero attached hydrogens (tertiary/aromatic N) is 2. The zero-order valence-electron chi connectivity index (χ0n) is 20.9. The van der Waals surface area contributed by atoms with Crippen LogP contribution in [0.15, 0.2) is 42.5 Å². The smallest absolute Gasteiger partial charge is 0.244 e. The number of sulfonamides is 1. The Hall–Kier alpha value is -2.36. The largest absolute Gasteiger partial charge is 0.352 e. The number of amides is 2. The summed E-state index contributed by atoms with van der Waals surface area (Å²) in [5.41, 5.74) is 0.294. The van der Waals surface area contributed by atoms with Crippen molar-refractivity contribution in [3.8, 4) is 0 Å². The number of hydrogen-bond donors (Lipinski definition) is 1. The van der Waals surface area contributed by atoms with E-state index in [2.05, 4.69) is 5.32 Å². The summed E-state index contributed by atoms with van der Waals surface area (Å²) in [6.45, 7) is 1.04. The summed E-state index contributed by atoms with van der Waals surface area (Å²) in [6.07, 6.45) is 6.10. The Balaban J connectivity index is 1.95. The molecule has 1 atom stereocenters. The first kappa shape index (κ1) is 29.2. The van der Waals surface area contributed by atoms with E-state index >= 15 is 0 Å². The molecule has 0 bridgehead atoms. The van der Waals surface area contributed by atoms with Crippen LogP contribution >= 0.6 is 23.2 Å². The fourth-order valence-corrected chi connectivity index (χ4v) is 5.86. The van der Waals surface area contributed by atoms with E-state index in [9.17, 15) is 22.4 Å². The summed E-state index contributed by atoms with van der Waals surface area (Å²) >= 11 is 12.4. The molecule has 0 unspecified atom stereocenters. The Labute approximate surface area is 228 Å². The zero-order chi connectivity index (χ0) is 27.2. The maximum absolute atomic E-state index is 14.5. The highest BCUT2D eigenvalue weighted by Crippen LogP contribution is 2.26. The molecule has 2 amide bonds. The Morgan fingerprint density at radius 3 is 2.38 bits per heavy atom. The number of nitrogens with one attached hydrogen (secondary N) is 1. The van der Waals surface area contributed by atoms with Crippen LogP contribution in [-0.2, 0) is 26.2 Å². The molecule has 11 heteroatoms. The first-order valence-corrected chi connectivity index (χ1v) is 14.9. The van der Waals surface area contributed by atoms with Gasteiger partial charge >= 0.3 is 0 Å². The second-order valence-corrected chi connectivity index (χ2v) is 12.0. The number of rotatable bonds is 10. The lowest BCUT2D eigenvalue weighted by atomic mass is 9.95. The number of benzene rings is 2. The van der Waals surface area contributed by atoms with Gasteiger partial charge in [0.25, 0.3) is 0 Å². The third-order valence-corrected chi connectivity index (χ3v) is 8.21. The molecule has 3 rings (SSSR count). The molecule has 0 aromatic heterocycles. The molecule has 1 saturated carbocycles. The molecule has 202 valence electrons. The van der Waals surface area contributed by atoms with Crippen LogP contribution in [0.4, 0.5) is 10.1 Å². The van der Waals surface area contributed by atoms with Gasteiger partial charge in [-0.15, -0.1) is 0 Å². The Kier molecular flexibility index (Phi) is 10.2. The van der Waals surface area contributed by atoms with Gasteiger partial charge in [0, 0.05) is 22.6 Å². The topological polar surface area (TPSA) is 86.8 Å². The van der Waals surface area contributed by atoms with Crippen LogP contribution in [0, 0.1) is 5.82 Å². The number of anilines is 1. The van der Waals surface area contributed by atoms with Crippen LogP contribution < -0.4 is 9.62 Å². The van der Waals surface area contributed by atoms with Gasteiger partial charge in [0.2, 0.25) is 21.8 Å². The lowest BCUT2D eigenvalue weighted by molar-refractivity contribution is -0.140. The molecule has 0 saturated heterocycles. The molecule has 2 aromatic rings. The molecule has 0 heterocycles. The Bertz CT molecular complexity index is 1220. The number of halogens is 3. The first-order chi connectivity index (χ1) is 17.5. The van der Waals surface area contributed by atoms with Crippen molar-refractivity contribution in [1.29, 1.82) is 0 Å². The van der Waals surface area contributed by atoms with E-state index in [1.807, 2.05) is 0 Å². The van der Waals surface area contributed by atoms with Gasteiger partial charge in [0.15, 0.2) is 0 Å². The fraction of sp³-hybridized carbons (Fsp3) is 0.462. The van der Waals surface area contributed by atoms with Crippen molar-refractivity contribution in [2.45, 2.75) is 64.1 Å². The quantitative estimate of drug-likeness (QED) is 0.427. The van der Waals surface area contributed by atoms with Gasteiger partial charge in [0.05, 0.1) is 11.9 Å². The first-order valence-electron chi connectivity index (χ1n) is 12.3. The molecule has 2 aromatic carbocycles. The molecule has 37 heavy (non-hydrogen) atoms. The SMILES string of the molecule is CC[C@@H](C(=O)NC1CCCCC1)N(Cc1ccc(Cl)cc1Cl)C(=O)CN(c1ccccc1F)S(C)(=O)=O. The average Bonchev–Trinajstić information content (AvgIpc) is 2.84. The molecule has 1 fully saturated rings. The van der Waals surface area contributed by atoms with E-state index in [4.69, 9.17) is 23.2 Å². The highest BCUT2D eigenvalue weighted by Gasteiger charge is 2.33. The average molecular weight is 573 g/mol. The minimum absolute atomic E-state index is 0.0253. The highest BCUT2D eigenvalue weighted by molar-refractivity contribution is 7.92. The van der Waals surface area contributed by atoms with Gasteiger partial charge < -0.3 is 10.2 Å². The van der Waals surface area contributed by atoms with Gasteiger partial charge in [-0.05, 0) is 49.1 Å². The second-order valence-electron chi connectivity index (χ2n) is 9.25. The Morgan fingerprint density at radius 1 is 1.11 bits per heavy atom. The molecule has 7 nitrogen and oxygen atoms in total. The molecule has 1 aliphatic carbocycles. The fourth-order valence-electron chi connectivity index (χ4n) is 4.55. The highest BCUT2D eigenvalue weighted by atomic mass is 35.5. The lowest BCUT2D eigenvalue weighted by Crippen LogP contribution is -2.54. The molecular formula is C26H32Cl2FN3O4S. The number of hydrogen-bond acceptors (Lipinski definition) is 4. The predicted octanol–water partition coefficient (Wildman–Crippen LogP) is 5.15. The summed E-state index contributed by atoms with van der Waals surface area (Å²) < 4.78 is 40.5. The predicted molar refractivity (Wildman–Crippen MR) is 145 cm³/mol. The second kappa shape index (κ2) is 12.9. The van der Waals surface area contributed by atoms with Crippen molar-refractivity contribution < 1.29 is 22.4 Å². The number of carbonyl (C=O) groups is 2.